The molecule has 1 atom stereocenters. The van der Waals surface area contributed by atoms with E-state index >= 15 is 0 Å². The van der Waals surface area contributed by atoms with Crippen molar-refractivity contribution in [2.24, 2.45) is 5.73 Å². The minimum Gasteiger partial charge on any atom is -0.382 e. The summed E-state index contributed by atoms with van der Waals surface area (Å²) in [7, 11) is 0. The SMILES string of the molecule is CCOCCC(N)c1cc(F)ccc1C. The van der Waals surface area contributed by atoms with E-state index in [2.05, 4.69) is 0 Å². The number of benzene rings is 1. The molecule has 0 amide bonds. The number of ether oxygens (including phenoxy) is 1. The van der Waals surface area contributed by atoms with E-state index in [4.69, 9.17) is 10.5 Å². The second-order valence-corrected chi connectivity index (χ2v) is 3.59. The van der Waals surface area contributed by atoms with Crippen molar-refractivity contribution in [1.82, 2.24) is 0 Å². The summed E-state index contributed by atoms with van der Waals surface area (Å²) >= 11 is 0. The van der Waals surface area contributed by atoms with Crippen molar-refractivity contribution in [3.8, 4) is 0 Å². The Labute approximate surface area is 90.2 Å². The molecule has 0 aliphatic carbocycles. The van der Waals surface area contributed by atoms with Crippen molar-refractivity contribution >= 4 is 0 Å². The van der Waals surface area contributed by atoms with Crippen LogP contribution >= 0.6 is 0 Å². The molecule has 0 aliphatic rings. The van der Waals surface area contributed by atoms with Crippen LogP contribution in [0.2, 0.25) is 0 Å². The van der Waals surface area contributed by atoms with Crippen molar-refractivity contribution in [2.45, 2.75) is 26.3 Å². The fraction of sp³-hybridized carbons (Fsp3) is 0.500. The summed E-state index contributed by atoms with van der Waals surface area (Å²) in [5, 5.41) is 0. The van der Waals surface area contributed by atoms with Gasteiger partial charge in [-0.25, -0.2) is 4.39 Å². The maximum absolute atomic E-state index is 13.0. The number of hydrogen-bond acceptors (Lipinski definition) is 2. The molecule has 0 saturated carbocycles. The summed E-state index contributed by atoms with van der Waals surface area (Å²) in [6.45, 7) is 5.19. The highest BCUT2D eigenvalue weighted by molar-refractivity contribution is 5.29. The standard InChI is InChI=1S/C12H18FNO/c1-3-15-7-6-12(14)11-8-10(13)5-4-9(11)2/h4-5,8,12H,3,6-7,14H2,1-2H3. The molecule has 84 valence electrons. The number of hydrogen-bond donors (Lipinski definition) is 1. The summed E-state index contributed by atoms with van der Waals surface area (Å²) in [6.07, 6.45) is 0.720. The Morgan fingerprint density at radius 2 is 2.20 bits per heavy atom. The summed E-state index contributed by atoms with van der Waals surface area (Å²) < 4.78 is 18.2. The van der Waals surface area contributed by atoms with Crippen LogP contribution in [-0.4, -0.2) is 13.2 Å². The molecule has 2 N–H and O–H groups in total. The lowest BCUT2D eigenvalue weighted by molar-refractivity contribution is 0.140. The molecule has 3 heteroatoms. The lowest BCUT2D eigenvalue weighted by atomic mass is 10.00. The highest BCUT2D eigenvalue weighted by atomic mass is 19.1. The lowest BCUT2D eigenvalue weighted by Gasteiger charge is -2.14. The minimum absolute atomic E-state index is 0.146. The quantitative estimate of drug-likeness (QED) is 0.760. The van der Waals surface area contributed by atoms with Gasteiger partial charge in [-0.2, -0.15) is 0 Å². The van der Waals surface area contributed by atoms with Crippen LogP contribution in [0.4, 0.5) is 4.39 Å². The Balaban J connectivity index is 2.64. The van der Waals surface area contributed by atoms with Crippen molar-refractivity contribution < 1.29 is 9.13 Å². The van der Waals surface area contributed by atoms with E-state index in [1.54, 1.807) is 6.07 Å². The summed E-state index contributed by atoms with van der Waals surface area (Å²) in [5.74, 6) is -0.234. The summed E-state index contributed by atoms with van der Waals surface area (Å²) in [5.41, 5.74) is 7.86. The van der Waals surface area contributed by atoms with Crippen molar-refractivity contribution in [3.05, 3.63) is 35.1 Å². The van der Waals surface area contributed by atoms with Gasteiger partial charge >= 0.3 is 0 Å². The van der Waals surface area contributed by atoms with Crippen LogP contribution in [0.15, 0.2) is 18.2 Å². The number of halogens is 1. The summed E-state index contributed by atoms with van der Waals surface area (Å²) in [4.78, 5) is 0. The fourth-order valence-electron chi connectivity index (χ4n) is 1.52. The predicted octanol–water partition coefficient (Wildman–Crippen LogP) is 2.56. The van der Waals surface area contributed by atoms with E-state index in [-0.39, 0.29) is 11.9 Å². The second kappa shape index (κ2) is 5.83. The lowest BCUT2D eigenvalue weighted by Crippen LogP contribution is -2.14. The smallest absolute Gasteiger partial charge is 0.123 e. The molecule has 1 unspecified atom stereocenters. The Hall–Kier alpha value is -0.930. The molecular formula is C12H18FNO. The van der Waals surface area contributed by atoms with Crippen LogP contribution in [-0.2, 0) is 4.74 Å². The van der Waals surface area contributed by atoms with E-state index in [9.17, 15) is 4.39 Å². The molecule has 0 spiro atoms. The van der Waals surface area contributed by atoms with Crippen LogP contribution in [0.1, 0.15) is 30.5 Å². The molecule has 2 nitrogen and oxygen atoms in total. The van der Waals surface area contributed by atoms with Crippen molar-refractivity contribution in [2.75, 3.05) is 13.2 Å². The zero-order chi connectivity index (χ0) is 11.3. The van der Waals surface area contributed by atoms with Crippen LogP contribution in [0, 0.1) is 12.7 Å². The number of nitrogens with two attached hydrogens (primary N) is 1. The molecule has 0 aliphatic heterocycles. The van der Waals surface area contributed by atoms with Crippen molar-refractivity contribution in [1.29, 1.82) is 0 Å². The zero-order valence-corrected chi connectivity index (χ0v) is 9.29. The van der Waals surface area contributed by atoms with E-state index in [0.717, 1.165) is 17.5 Å². The Bertz CT molecular complexity index is 314. The number of rotatable bonds is 5. The molecule has 1 rings (SSSR count). The van der Waals surface area contributed by atoms with Gasteiger partial charge in [0.1, 0.15) is 5.82 Å². The molecule has 0 aromatic heterocycles. The molecule has 0 radical (unpaired) electrons. The van der Waals surface area contributed by atoms with Crippen LogP contribution in [0.25, 0.3) is 0 Å². The Morgan fingerprint density at radius 3 is 2.87 bits per heavy atom. The normalized spacial score (nSPS) is 12.8. The van der Waals surface area contributed by atoms with Gasteiger partial charge in [-0.3, -0.25) is 0 Å². The van der Waals surface area contributed by atoms with E-state index < -0.39 is 0 Å². The third-order valence-corrected chi connectivity index (χ3v) is 2.42. The Kier molecular flexibility index (Phi) is 4.72. The largest absolute Gasteiger partial charge is 0.382 e. The maximum Gasteiger partial charge on any atom is 0.123 e. The van der Waals surface area contributed by atoms with E-state index in [1.807, 2.05) is 13.8 Å². The first kappa shape index (κ1) is 12.1. The van der Waals surface area contributed by atoms with E-state index in [1.165, 1.54) is 12.1 Å². The second-order valence-electron chi connectivity index (χ2n) is 3.59. The molecule has 0 heterocycles. The van der Waals surface area contributed by atoms with Gasteiger partial charge in [0.2, 0.25) is 0 Å². The van der Waals surface area contributed by atoms with Gasteiger partial charge in [-0.05, 0) is 43.5 Å². The van der Waals surface area contributed by atoms with Crippen molar-refractivity contribution in [3.63, 3.8) is 0 Å². The van der Waals surface area contributed by atoms with Gasteiger partial charge in [0, 0.05) is 19.3 Å². The fourth-order valence-corrected chi connectivity index (χ4v) is 1.52. The van der Waals surface area contributed by atoms with Crippen LogP contribution in [0.5, 0.6) is 0 Å². The monoisotopic (exact) mass is 211 g/mol. The Morgan fingerprint density at radius 1 is 1.47 bits per heavy atom. The average Bonchev–Trinajstić information content (AvgIpc) is 2.22. The maximum atomic E-state index is 13.0. The van der Waals surface area contributed by atoms with Crippen LogP contribution < -0.4 is 5.73 Å². The number of aryl methyl sites for hydroxylation is 1. The zero-order valence-electron chi connectivity index (χ0n) is 9.29. The molecule has 15 heavy (non-hydrogen) atoms. The molecule has 0 bridgehead atoms. The van der Waals surface area contributed by atoms with Gasteiger partial charge in [0.15, 0.2) is 0 Å². The average molecular weight is 211 g/mol. The minimum atomic E-state index is -0.234. The molecular weight excluding hydrogens is 193 g/mol. The third kappa shape index (κ3) is 3.61. The molecule has 0 fully saturated rings. The molecule has 0 saturated heterocycles. The van der Waals surface area contributed by atoms with Gasteiger partial charge in [0.25, 0.3) is 0 Å². The summed E-state index contributed by atoms with van der Waals surface area (Å²) in [6, 6.07) is 4.57. The van der Waals surface area contributed by atoms with Gasteiger partial charge in [-0.1, -0.05) is 6.07 Å². The third-order valence-electron chi connectivity index (χ3n) is 2.42. The highest BCUT2D eigenvalue weighted by Gasteiger charge is 2.09. The van der Waals surface area contributed by atoms with Gasteiger partial charge < -0.3 is 10.5 Å². The topological polar surface area (TPSA) is 35.2 Å². The van der Waals surface area contributed by atoms with Gasteiger partial charge in [0.05, 0.1) is 0 Å². The first-order valence-electron chi connectivity index (χ1n) is 5.24. The first-order chi connectivity index (χ1) is 7.15. The highest BCUT2D eigenvalue weighted by Crippen LogP contribution is 2.19. The van der Waals surface area contributed by atoms with E-state index in [0.29, 0.717) is 13.2 Å². The van der Waals surface area contributed by atoms with Gasteiger partial charge in [-0.15, -0.1) is 0 Å². The van der Waals surface area contributed by atoms with Crippen LogP contribution in [0.3, 0.4) is 0 Å². The first-order valence-corrected chi connectivity index (χ1v) is 5.24. The molecule has 1 aromatic rings. The predicted molar refractivity (Wildman–Crippen MR) is 59.2 cm³/mol. The molecule has 1 aromatic carbocycles.